The first-order chi connectivity index (χ1) is 14.6. The maximum Gasteiger partial charge on any atom is 0.343 e. The first-order valence-corrected chi connectivity index (χ1v) is 10.3. The summed E-state index contributed by atoms with van der Waals surface area (Å²) in [6, 6.07) is 11.0. The number of piperazine rings is 1. The number of ether oxygens (including phenoxy) is 1. The topological polar surface area (TPSA) is 97.5 Å². The van der Waals surface area contributed by atoms with Crippen molar-refractivity contribution in [2.24, 2.45) is 0 Å². The first-order valence-electron chi connectivity index (χ1n) is 10.3. The summed E-state index contributed by atoms with van der Waals surface area (Å²) in [6.07, 6.45) is 5.59. The second-order valence-corrected chi connectivity index (χ2v) is 7.77. The average Bonchev–Trinajstić information content (AvgIpc) is 3.02. The zero-order valence-electron chi connectivity index (χ0n) is 16.9. The third-order valence-electron chi connectivity index (χ3n) is 5.96. The standard InChI is InChI=1S/C22H24N6O2/c1-2-30-21(29)18-11-25-22(26-20(18)23)28-15-7-8-16(28)13-27(12-15)17-9-14-5-3-4-6-19(14)24-10-17/h3-6,9-11,15-16H,2,7-8,12-13H2,1H3,(H2,23,25,26). The van der Waals surface area contributed by atoms with Crippen molar-refractivity contribution in [1.29, 1.82) is 0 Å². The van der Waals surface area contributed by atoms with Crippen LogP contribution in [-0.4, -0.2) is 52.7 Å². The lowest BCUT2D eigenvalue weighted by molar-refractivity contribution is 0.0527. The highest BCUT2D eigenvalue weighted by Crippen LogP contribution is 2.35. The molecule has 1 aromatic carbocycles. The SMILES string of the molecule is CCOC(=O)c1cnc(N2C3CCC2CN(c2cnc4ccccc4c2)C3)nc1N. The molecule has 2 aromatic heterocycles. The summed E-state index contributed by atoms with van der Waals surface area (Å²) < 4.78 is 5.02. The van der Waals surface area contributed by atoms with E-state index in [4.69, 9.17) is 10.5 Å². The molecule has 3 aromatic rings. The summed E-state index contributed by atoms with van der Waals surface area (Å²) in [5.74, 6) is 0.265. The molecule has 0 saturated carbocycles. The second kappa shape index (κ2) is 7.44. The van der Waals surface area contributed by atoms with Crippen LogP contribution in [0.1, 0.15) is 30.1 Å². The van der Waals surface area contributed by atoms with Crippen LogP contribution in [0, 0.1) is 0 Å². The zero-order chi connectivity index (χ0) is 20.7. The first kappa shape index (κ1) is 18.6. The van der Waals surface area contributed by atoms with E-state index in [0.29, 0.717) is 18.0 Å². The molecule has 2 aliphatic rings. The zero-order valence-corrected chi connectivity index (χ0v) is 16.9. The Morgan fingerprint density at radius 3 is 2.67 bits per heavy atom. The molecule has 4 heterocycles. The Labute approximate surface area is 174 Å². The molecule has 2 fully saturated rings. The van der Waals surface area contributed by atoms with E-state index in [1.807, 2.05) is 24.4 Å². The van der Waals surface area contributed by atoms with Crippen molar-refractivity contribution in [3.05, 3.63) is 48.3 Å². The monoisotopic (exact) mass is 404 g/mol. The van der Waals surface area contributed by atoms with E-state index in [0.717, 1.165) is 42.5 Å². The Hall–Kier alpha value is -3.42. The summed E-state index contributed by atoms with van der Waals surface area (Å²) in [5, 5.41) is 1.15. The number of anilines is 3. The molecule has 2 aliphatic heterocycles. The van der Waals surface area contributed by atoms with Gasteiger partial charge in [-0.05, 0) is 31.9 Å². The lowest BCUT2D eigenvalue weighted by Crippen LogP contribution is -2.54. The molecule has 2 N–H and O–H groups in total. The van der Waals surface area contributed by atoms with Gasteiger partial charge in [-0.25, -0.2) is 9.78 Å². The van der Waals surface area contributed by atoms with Gasteiger partial charge in [-0.2, -0.15) is 4.98 Å². The van der Waals surface area contributed by atoms with Crippen molar-refractivity contribution in [1.82, 2.24) is 15.0 Å². The van der Waals surface area contributed by atoms with E-state index in [-0.39, 0.29) is 18.0 Å². The normalized spacial score (nSPS) is 20.6. The number of carbonyl (C=O) groups is 1. The molecule has 2 bridgehead atoms. The Morgan fingerprint density at radius 1 is 1.17 bits per heavy atom. The van der Waals surface area contributed by atoms with Gasteiger partial charge in [0.2, 0.25) is 5.95 Å². The molecular weight excluding hydrogens is 380 g/mol. The Bertz CT molecular complexity index is 1090. The number of rotatable bonds is 4. The number of carbonyl (C=O) groups excluding carboxylic acids is 1. The summed E-state index contributed by atoms with van der Waals surface area (Å²) >= 11 is 0. The minimum absolute atomic E-state index is 0.166. The van der Waals surface area contributed by atoms with Crippen LogP contribution in [-0.2, 0) is 4.74 Å². The van der Waals surface area contributed by atoms with Crippen LogP contribution in [0.15, 0.2) is 42.7 Å². The van der Waals surface area contributed by atoms with Crippen LogP contribution in [0.4, 0.5) is 17.5 Å². The highest BCUT2D eigenvalue weighted by Gasteiger charge is 2.41. The van der Waals surface area contributed by atoms with Gasteiger partial charge in [0.1, 0.15) is 11.4 Å². The molecule has 2 saturated heterocycles. The van der Waals surface area contributed by atoms with Gasteiger partial charge in [0.15, 0.2) is 0 Å². The van der Waals surface area contributed by atoms with Crippen LogP contribution in [0.2, 0.25) is 0 Å². The molecule has 0 aliphatic carbocycles. The number of esters is 1. The van der Waals surface area contributed by atoms with E-state index >= 15 is 0 Å². The van der Waals surface area contributed by atoms with E-state index < -0.39 is 5.97 Å². The van der Waals surface area contributed by atoms with Crippen molar-refractivity contribution in [2.75, 3.05) is 35.2 Å². The van der Waals surface area contributed by atoms with Gasteiger partial charge in [-0.1, -0.05) is 18.2 Å². The van der Waals surface area contributed by atoms with Crippen molar-refractivity contribution >= 4 is 34.3 Å². The Balaban J connectivity index is 1.38. The lowest BCUT2D eigenvalue weighted by Gasteiger charge is -2.42. The molecule has 2 atom stereocenters. The van der Waals surface area contributed by atoms with Gasteiger partial charge in [-0.3, -0.25) is 4.98 Å². The van der Waals surface area contributed by atoms with Crippen LogP contribution < -0.4 is 15.5 Å². The van der Waals surface area contributed by atoms with E-state index in [9.17, 15) is 4.79 Å². The second-order valence-electron chi connectivity index (χ2n) is 7.77. The summed E-state index contributed by atoms with van der Waals surface area (Å²) in [4.78, 5) is 30.1. The lowest BCUT2D eigenvalue weighted by atomic mass is 10.1. The fourth-order valence-corrected chi connectivity index (χ4v) is 4.55. The van der Waals surface area contributed by atoms with Crippen molar-refractivity contribution in [3.8, 4) is 0 Å². The van der Waals surface area contributed by atoms with Gasteiger partial charge < -0.3 is 20.3 Å². The molecule has 8 nitrogen and oxygen atoms in total. The number of para-hydroxylation sites is 1. The van der Waals surface area contributed by atoms with Crippen molar-refractivity contribution < 1.29 is 9.53 Å². The molecule has 8 heteroatoms. The summed E-state index contributed by atoms with van der Waals surface area (Å²) in [7, 11) is 0. The van der Waals surface area contributed by atoms with E-state index in [1.54, 1.807) is 6.92 Å². The number of nitrogens with two attached hydrogens (primary N) is 1. The van der Waals surface area contributed by atoms with E-state index in [2.05, 4.69) is 36.9 Å². The average molecular weight is 404 g/mol. The number of fused-ring (bicyclic) bond motifs is 3. The fourth-order valence-electron chi connectivity index (χ4n) is 4.55. The molecule has 154 valence electrons. The molecule has 0 spiro atoms. The number of benzene rings is 1. The molecule has 0 amide bonds. The number of aromatic nitrogens is 3. The summed E-state index contributed by atoms with van der Waals surface area (Å²) in [5.41, 5.74) is 8.41. The smallest absolute Gasteiger partial charge is 0.343 e. The minimum Gasteiger partial charge on any atom is -0.462 e. The predicted octanol–water partition coefficient (Wildman–Crippen LogP) is 2.64. The maximum atomic E-state index is 12.0. The number of hydrogen-bond acceptors (Lipinski definition) is 8. The number of nitrogens with zero attached hydrogens (tertiary/aromatic N) is 5. The molecule has 0 radical (unpaired) electrons. The van der Waals surface area contributed by atoms with Gasteiger partial charge in [0, 0.05) is 36.8 Å². The molecule has 2 unspecified atom stereocenters. The third kappa shape index (κ3) is 3.18. The van der Waals surface area contributed by atoms with Gasteiger partial charge in [0.25, 0.3) is 0 Å². The summed E-state index contributed by atoms with van der Waals surface area (Å²) in [6.45, 7) is 3.79. The number of hydrogen-bond donors (Lipinski definition) is 1. The third-order valence-corrected chi connectivity index (χ3v) is 5.96. The fraction of sp³-hybridized carbons (Fsp3) is 0.364. The molecular formula is C22H24N6O2. The Morgan fingerprint density at radius 2 is 1.93 bits per heavy atom. The van der Waals surface area contributed by atoms with Gasteiger partial charge in [-0.15, -0.1) is 0 Å². The van der Waals surface area contributed by atoms with Crippen LogP contribution in [0.5, 0.6) is 0 Å². The van der Waals surface area contributed by atoms with Crippen molar-refractivity contribution in [3.63, 3.8) is 0 Å². The van der Waals surface area contributed by atoms with E-state index in [1.165, 1.54) is 6.20 Å². The highest BCUT2D eigenvalue weighted by atomic mass is 16.5. The van der Waals surface area contributed by atoms with Crippen LogP contribution in [0.25, 0.3) is 10.9 Å². The van der Waals surface area contributed by atoms with Gasteiger partial charge in [0.05, 0.1) is 24.0 Å². The molecule has 5 rings (SSSR count). The maximum absolute atomic E-state index is 12.0. The Kier molecular flexibility index (Phi) is 4.61. The molecule has 30 heavy (non-hydrogen) atoms. The minimum atomic E-state index is -0.488. The quantitative estimate of drug-likeness (QED) is 0.663. The number of pyridine rings is 1. The van der Waals surface area contributed by atoms with Crippen molar-refractivity contribution in [2.45, 2.75) is 31.8 Å². The van der Waals surface area contributed by atoms with Crippen LogP contribution in [0.3, 0.4) is 0 Å². The number of nitrogen functional groups attached to an aromatic ring is 1. The van der Waals surface area contributed by atoms with Gasteiger partial charge >= 0.3 is 5.97 Å². The largest absolute Gasteiger partial charge is 0.462 e. The predicted molar refractivity (Wildman–Crippen MR) is 116 cm³/mol. The van der Waals surface area contributed by atoms with Crippen LogP contribution >= 0.6 is 0 Å². The highest BCUT2D eigenvalue weighted by molar-refractivity contribution is 5.93.